The molecule has 0 atom stereocenters. The number of benzene rings is 7. The minimum Gasteiger partial charge on any atom is -0.453 e. The molecule has 2 aliphatic rings. The number of ether oxygens (including phenoxy) is 2. The molecule has 7 aromatic carbocycles. The van der Waals surface area contributed by atoms with Crippen molar-refractivity contribution in [3.63, 3.8) is 0 Å². The van der Waals surface area contributed by atoms with Gasteiger partial charge in [0.05, 0.1) is 33.8 Å². The lowest BCUT2D eigenvalue weighted by Gasteiger charge is -2.33. The second kappa shape index (κ2) is 10.7. The van der Waals surface area contributed by atoms with E-state index in [4.69, 9.17) is 9.47 Å². The van der Waals surface area contributed by atoms with Crippen molar-refractivity contribution in [3.8, 4) is 28.7 Å². The lowest BCUT2D eigenvalue weighted by molar-refractivity contribution is 0.477. The molecule has 0 aliphatic carbocycles. The maximum atomic E-state index is 6.65. The Hall–Kier alpha value is -7.05. The van der Waals surface area contributed by atoms with Crippen molar-refractivity contribution in [2.45, 2.75) is 0 Å². The molecule has 2 aromatic heterocycles. The average Bonchev–Trinajstić information content (AvgIpc) is 3.51. The number of rotatable bonds is 3. The SMILES string of the molecule is c1ccc2c(c1)Oc1ccccc1N2c1ccc2cc(N3c4ccccc4Oc4cc5c6ccccc6n(-c6ccncc6)c5cc43)ccc2c1. The molecule has 0 radical (unpaired) electrons. The summed E-state index contributed by atoms with van der Waals surface area (Å²) in [5, 5.41) is 4.60. The molecule has 2 aliphatic heterocycles. The smallest absolute Gasteiger partial charge is 0.152 e. The van der Waals surface area contributed by atoms with E-state index in [9.17, 15) is 0 Å². The zero-order chi connectivity index (χ0) is 33.5. The van der Waals surface area contributed by atoms with Crippen LogP contribution in [0.4, 0.5) is 34.1 Å². The van der Waals surface area contributed by atoms with Crippen LogP contribution in [-0.2, 0) is 0 Å². The minimum absolute atomic E-state index is 0.818. The molecular weight excluding hydrogens is 629 g/mol. The predicted molar refractivity (Wildman–Crippen MR) is 206 cm³/mol. The predicted octanol–water partition coefficient (Wildman–Crippen LogP) is 12.5. The highest BCUT2D eigenvalue weighted by atomic mass is 16.5. The molecule has 0 saturated carbocycles. The van der Waals surface area contributed by atoms with Crippen LogP contribution in [0.2, 0.25) is 0 Å². The molecule has 0 spiro atoms. The van der Waals surface area contributed by atoms with Crippen molar-refractivity contribution in [3.05, 3.63) is 170 Å². The van der Waals surface area contributed by atoms with Crippen LogP contribution < -0.4 is 19.3 Å². The fourth-order valence-corrected chi connectivity index (χ4v) is 7.75. The first kappa shape index (κ1) is 27.9. The van der Waals surface area contributed by atoms with E-state index in [1.807, 2.05) is 48.8 Å². The van der Waals surface area contributed by atoms with Crippen molar-refractivity contribution < 1.29 is 9.47 Å². The van der Waals surface area contributed by atoms with E-state index in [0.717, 1.165) is 90.0 Å². The summed E-state index contributed by atoms with van der Waals surface area (Å²) in [6, 6.07) is 55.1. The Morgan fingerprint density at radius 2 is 0.902 bits per heavy atom. The summed E-state index contributed by atoms with van der Waals surface area (Å²) in [5.41, 5.74) is 9.44. The summed E-state index contributed by atoms with van der Waals surface area (Å²) in [6.45, 7) is 0. The van der Waals surface area contributed by atoms with Gasteiger partial charge in [0.25, 0.3) is 0 Å². The summed E-state index contributed by atoms with van der Waals surface area (Å²) < 4.78 is 15.2. The van der Waals surface area contributed by atoms with Gasteiger partial charge in [-0.2, -0.15) is 0 Å². The Labute approximate surface area is 293 Å². The fourth-order valence-electron chi connectivity index (χ4n) is 7.75. The molecule has 240 valence electrons. The van der Waals surface area contributed by atoms with Gasteiger partial charge in [0.15, 0.2) is 23.0 Å². The Morgan fingerprint density at radius 3 is 1.53 bits per heavy atom. The van der Waals surface area contributed by atoms with Gasteiger partial charge in [-0.3, -0.25) is 4.98 Å². The van der Waals surface area contributed by atoms with Gasteiger partial charge in [0, 0.05) is 40.2 Å². The number of aromatic nitrogens is 2. The molecule has 0 bridgehead atoms. The topological polar surface area (TPSA) is 42.8 Å². The molecule has 51 heavy (non-hydrogen) atoms. The number of fused-ring (bicyclic) bond motifs is 8. The molecule has 0 amide bonds. The number of pyridine rings is 1. The van der Waals surface area contributed by atoms with Crippen molar-refractivity contribution in [1.82, 2.24) is 9.55 Å². The van der Waals surface area contributed by atoms with Crippen LogP contribution >= 0.6 is 0 Å². The number of para-hydroxylation sites is 7. The van der Waals surface area contributed by atoms with Gasteiger partial charge in [-0.05, 0) is 102 Å². The maximum Gasteiger partial charge on any atom is 0.152 e. The molecule has 6 nitrogen and oxygen atoms in total. The van der Waals surface area contributed by atoms with E-state index in [-0.39, 0.29) is 0 Å². The fraction of sp³-hybridized carbons (Fsp3) is 0. The lowest BCUT2D eigenvalue weighted by Crippen LogP contribution is -2.16. The van der Waals surface area contributed by atoms with Gasteiger partial charge < -0.3 is 23.8 Å². The summed E-state index contributed by atoms with van der Waals surface area (Å²) in [7, 11) is 0. The Bertz CT molecular complexity index is 2800. The van der Waals surface area contributed by atoms with Crippen molar-refractivity contribution >= 4 is 66.7 Å². The number of anilines is 6. The Balaban J connectivity index is 1.08. The third-order valence-electron chi connectivity index (χ3n) is 10.00. The third-order valence-corrected chi connectivity index (χ3v) is 10.00. The quantitative estimate of drug-likeness (QED) is 0.189. The molecule has 4 heterocycles. The van der Waals surface area contributed by atoms with Crippen LogP contribution in [0, 0.1) is 0 Å². The van der Waals surface area contributed by atoms with Gasteiger partial charge in [0.1, 0.15) is 0 Å². The number of nitrogens with zero attached hydrogens (tertiary/aromatic N) is 4. The van der Waals surface area contributed by atoms with Gasteiger partial charge in [0.2, 0.25) is 0 Å². The molecule has 9 aromatic rings. The van der Waals surface area contributed by atoms with E-state index in [1.165, 1.54) is 5.39 Å². The number of hydrogen-bond acceptors (Lipinski definition) is 5. The highest BCUT2D eigenvalue weighted by Crippen LogP contribution is 2.54. The summed E-state index contributed by atoms with van der Waals surface area (Å²) >= 11 is 0. The monoisotopic (exact) mass is 656 g/mol. The second-order valence-electron chi connectivity index (χ2n) is 12.9. The van der Waals surface area contributed by atoms with E-state index in [1.54, 1.807) is 0 Å². The van der Waals surface area contributed by atoms with Crippen molar-refractivity contribution in [2.24, 2.45) is 0 Å². The van der Waals surface area contributed by atoms with Crippen LogP contribution in [0.3, 0.4) is 0 Å². The zero-order valence-electron chi connectivity index (χ0n) is 27.3. The Kier molecular flexibility index (Phi) is 5.86. The normalized spacial score (nSPS) is 12.9. The van der Waals surface area contributed by atoms with Crippen LogP contribution in [-0.4, -0.2) is 9.55 Å². The van der Waals surface area contributed by atoms with Crippen molar-refractivity contribution in [2.75, 3.05) is 9.80 Å². The maximum absolute atomic E-state index is 6.65. The summed E-state index contributed by atoms with van der Waals surface area (Å²) in [4.78, 5) is 8.89. The molecule has 6 heteroatoms. The highest BCUT2D eigenvalue weighted by molar-refractivity contribution is 6.12. The Morgan fingerprint density at radius 1 is 0.373 bits per heavy atom. The third kappa shape index (κ3) is 4.20. The molecule has 0 N–H and O–H groups in total. The zero-order valence-corrected chi connectivity index (χ0v) is 27.3. The average molecular weight is 657 g/mol. The van der Waals surface area contributed by atoms with Crippen LogP contribution in [0.1, 0.15) is 0 Å². The second-order valence-corrected chi connectivity index (χ2v) is 12.9. The van der Waals surface area contributed by atoms with Crippen LogP contribution in [0.5, 0.6) is 23.0 Å². The lowest BCUT2D eigenvalue weighted by atomic mass is 10.0. The van der Waals surface area contributed by atoms with E-state index >= 15 is 0 Å². The minimum atomic E-state index is 0.818. The van der Waals surface area contributed by atoms with Crippen LogP contribution in [0.15, 0.2) is 170 Å². The van der Waals surface area contributed by atoms with Gasteiger partial charge >= 0.3 is 0 Å². The van der Waals surface area contributed by atoms with Gasteiger partial charge in [-0.1, -0.05) is 66.7 Å². The van der Waals surface area contributed by atoms with E-state index in [2.05, 4.69) is 141 Å². The number of hydrogen-bond donors (Lipinski definition) is 0. The highest BCUT2D eigenvalue weighted by Gasteiger charge is 2.29. The molecule has 0 saturated heterocycles. The first-order valence-electron chi connectivity index (χ1n) is 17.0. The molecule has 11 rings (SSSR count). The summed E-state index contributed by atoms with van der Waals surface area (Å²) in [6.07, 6.45) is 3.69. The van der Waals surface area contributed by atoms with Crippen molar-refractivity contribution in [1.29, 1.82) is 0 Å². The van der Waals surface area contributed by atoms with Gasteiger partial charge in [-0.25, -0.2) is 0 Å². The van der Waals surface area contributed by atoms with E-state index in [0.29, 0.717) is 0 Å². The van der Waals surface area contributed by atoms with E-state index < -0.39 is 0 Å². The largest absolute Gasteiger partial charge is 0.453 e. The standard InChI is InChI=1S/C45H28N4O2/c1-2-10-36-34(9-1)35-27-45-41(28-40(35)47(36)31-21-23-46-24-22-31)49(39-13-5-8-16-44(39)51-45)33-20-18-29-25-32(19-17-30(29)26-33)48-37-11-3-6-14-42(37)50-43-15-7-4-12-38(43)48/h1-28H. The van der Waals surface area contributed by atoms with Gasteiger partial charge in [-0.15, -0.1) is 0 Å². The first-order valence-corrected chi connectivity index (χ1v) is 17.0. The van der Waals surface area contributed by atoms with Crippen LogP contribution in [0.25, 0.3) is 38.3 Å². The molecular formula is C45H28N4O2. The molecule has 0 fully saturated rings. The molecule has 0 unspecified atom stereocenters. The first-order chi connectivity index (χ1) is 25.3. The summed E-state index contributed by atoms with van der Waals surface area (Å²) in [5.74, 6) is 3.32.